The van der Waals surface area contributed by atoms with Gasteiger partial charge in [0.15, 0.2) is 0 Å². The number of rotatable bonds is 3. The molecule has 0 saturated carbocycles. The van der Waals surface area contributed by atoms with Crippen molar-refractivity contribution in [1.29, 1.82) is 0 Å². The third kappa shape index (κ3) is 3.54. The highest BCUT2D eigenvalue weighted by molar-refractivity contribution is 6.18. The van der Waals surface area contributed by atoms with Crippen LogP contribution in [-0.4, -0.2) is 40.6 Å². The third-order valence-electron chi connectivity index (χ3n) is 3.80. The van der Waals surface area contributed by atoms with Crippen molar-refractivity contribution in [2.24, 2.45) is 0 Å². The number of hydrogen-bond acceptors (Lipinski definition) is 3. The van der Waals surface area contributed by atoms with Gasteiger partial charge in [-0.3, -0.25) is 9.88 Å². The molecule has 0 bridgehead atoms. The SMILES string of the molecule is CC1(C)CN(Cc2ccc3ncccc3c2)CC(CCl)O1. The van der Waals surface area contributed by atoms with Crippen molar-refractivity contribution < 1.29 is 4.74 Å². The summed E-state index contributed by atoms with van der Waals surface area (Å²) < 4.78 is 5.98. The molecule has 2 aromatic rings. The molecule has 3 rings (SSSR count). The maximum absolute atomic E-state index is 5.99. The van der Waals surface area contributed by atoms with Gasteiger partial charge in [0.1, 0.15) is 0 Å². The number of fused-ring (bicyclic) bond motifs is 1. The Bertz CT molecular complexity index is 629. The van der Waals surface area contributed by atoms with Gasteiger partial charge in [-0.15, -0.1) is 11.6 Å². The van der Waals surface area contributed by atoms with Crippen molar-refractivity contribution in [2.75, 3.05) is 19.0 Å². The molecule has 0 aliphatic carbocycles. The van der Waals surface area contributed by atoms with E-state index in [4.69, 9.17) is 16.3 Å². The Balaban J connectivity index is 1.77. The van der Waals surface area contributed by atoms with Gasteiger partial charge in [-0.1, -0.05) is 12.1 Å². The topological polar surface area (TPSA) is 25.4 Å². The molecule has 0 amide bonds. The first kappa shape index (κ1) is 14.8. The maximum Gasteiger partial charge on any atom is 0.0845 e. The standard InChI is InChI=1S/C17H21ClN2O/c1-17(2)12-20(11-15(9-18)21-17)10-13-5-6-16-14(8-13)4-3-7-19-16/h3-8,15H,9-12H2,1-2H3. The van der Waals surface area contributed by atoms with Gasteiger partial charge >= 0.3 is 0 Å². The average molecular weight is 305 g/mol. The minimum absolute atomic E-state index is 0.109. The van der Waals surface area contributed by atoms with Gasteiger partial charge in [-0.05, 0) is 37.6 Å². The number of alkyl halides is 1. The largest absolute Gasteiger partial charge is 0.368 e. The summed E-state index contributed by atoms with van der Waals surface area (Å²) in [5.74, 6) is 0.543. The molecule has 0 radical (unpaired) electrons. The second-order valence-electron chi connectivity index (χ2n) is 6.35. The van der Waals surface area contributed by atoms with Crippen LogP contribution >= 0.6 is 11.6 Å². The summed E-state index contributed by atoms with van der Waals surface area (Å²) in [5.41, 5.74) is 2.21. The molecule has 3 nitrogen and oxygen atoms in total. The molecule has 1 fully saturated rings. The number of aromatic nitrogens is 1. The maximum atomic E-state index is 5.99. The predicted molar refractivity (Wildman–Crippen MR) is 86.7 cm³/mol. The molecule has 4 heteroatoms. The summed E-state index contributed by atoms with van der Waals surface area (Å²) in [6.45, 7) is 6.99. The minimum atomic E-state index is -0.143. The molecule has 1 unspecified atom stereocenters. The van der Waals surface area contributed by atoms with Gasteiger partial charge < -0.3 is 4.74 Å². The first-order valence-corrected chi connectivity index (χ1v) is 7.89. The van der Waals surface area contributed by atoms with E-state index in [-0.39, 0.29) is 11.7 Å². The summed E-state index contributed by atoms with van der Waals surface area (Å²) in [7, 11) is 0. The molecule has 1 atom stereocenters. The Kier molecular flexibility index (Phi) is 4.16. The normalized spacial score (nSPS) is 22.5. The third-order valence-corrected chi connectivity index (χ3v) is 4.14. The highest BCUT2D eigenvalue weighted by Crippen LogP contribution is 2.24. The molecule has 1 aliphatic rings. The molecule has 0 spiro atoms. The fourth-order valence-electron chi connectivity index (χ4n) is 3.10. The Labute approximate surface area is 130 Å². The number of morpholine rings is 1. The lowest BCUT2D eigenvalue weighted by molar-refractivity contribution is -0.129. The Morgan fingerprint density at radius 3 is 3.05 bits per heavy atom. The number of nitrogens with zero attached hydrogens (tertiary/aromatic N) is 2. The van der Waals surface area contributed by atoms with Gasteiger partial charge in [-0.25, -0.2) is 0 Å². The molecule has 1 aromatic carbocycles. The first-order chi connectivity index (χ1) is 10.1. The van der Waals surface area contributed by atoms with E-state index < -0.39 is 0 Å². The number of benzene rings is 1. The first-order valence-electron chi connectivity index (χ1n) is 7.35. The fourth-order valence-corrected chi connectivity index (χ4v) is 3.26. The molecule has 2 heterocycles. The monoisotopic (exact) mass is 304 g/mol. The smallest absolute Gasteiger partial charge is 0.0845 e. The lowest BCUT2D eigenvalue weighted by Crippen LogP contribution is -2.52. The zero-order valence-electron chi connectivity index (χ0n) is 12.6. The molecule has 1 aliphatic heterocycles. The van der Waals surface area contributed by atoms with Gasteiger partial charge in [0.2, 0.25) is 0 Å². The predicted octanol–water partition coefficient (Wildman–Crippen LogP) is 3.45. The molecular weight excluding hydrogens is 284 g/mol. The lowest BCUT2D eigenvalue weighted by Gasteiger charge is -2.42. The van der Waals surface area contributed by atoms with Crippen LogP contribution in [0.3, 0.4) is 0 Å². The second kappa shape index (κ2) is 5.91. The van der Waals surface area contributed by atoms with E-state index in [2.05, 4.69) is 48.0 Å². The average Bonchev–Trinajstić information content (AvgIpc) is 2.45. The van der Waals surface area contributed by atoms with Crippen LogP contribution in [-0.2, 0) is 11.3 Å². The van der Waals surface area contributed by atoms with Gasteiger partial charge in [0.05, 0.1) is 17.2 Å². The van der Waals surface area contributed by atoms with Crippen molar-refractivity contribution in [3.8, 4) is 0 Å². The summed E-state index contributed by atoms with van der Waals surface area (Å²) in [5, 5.41) is 1.19. The van der Waals surface area contributed by atoms with Crippen LogP contribution in [0.5, 0.6) is 0 Å². The van der Waals surface area contributed by atoms with Gasteiger partial charge in [0, 0.05) is 37.1 Å². The van der Waals surface area contributed by atoms with E-state index in [9.17, 15) is 0 Å². The van der Waals surface area contributed by atoms with Crippen molar-refractivity contribution in [3.63, 3.8) is 0 Å². The van der Waals surface area contributed by atoms with E-state index in [0.29, 0.717) is 5.88 Å². The Hall–Kier alpha value is -1.16. The minimum Gasteiger partial charge on any atom is -0.368 e. The quantitative estimate of drug-likeness (QED) is 0.812. The Morgan fingerprint density at radius 1 is 1.38 bits per heavy atom. The lowest BCUT2D eigenvalue weighted by atomic mass is 10.0. The number of halogens is 1. The van der Waals surface area contributed by atoms with E-state index in [1.165, 1.54) is 10.9 Å². The van der Waals surface area contributed by atoms with Crippen LogP contribution in [0.1, 0.15) is 19.4 Å². The van der Waals surface area contributed by atoms with Gasteiger partial charge in [-0.2, -0.15) is 0 Å². The molecule has 1 aromatic heterocycles. The number of ether oxygens (including phenoxy) is 1. The summed E-state index contributed by atoms with van der Waals surface area (Å²) >= 11 is 5.99. The zero-order valence-corrected chi connectivity index (χ0v) is 13.3. The van der Waals surface area contributed by atoms with E-state index in [0.717, 1.165) is 25.2 Å². The summed E-state index contributed by atoms with van der Waals surface area (Å²) in [4.78, 5) is 6.79. The van der Waals surface area contributed by atoms with Crippen LogP contribution in [0, 0.1) is 0 Å². The van der Waals surface area contributed by atoms with Gasteiger partial charge in [0.25, 0.3) is 0 Å². The van der Waals surface area contributed by atoms with Crippen LogP contribution in [0.15, 0.2) is 36.5 Å². The van der Waals surface area contributed by atoms with Crippen molar-refractivity contribution in [2.45, 2.75) is 32.1 Å². The van der Waals surface area contributed by atoms with E-state index in [1.807, 2.05) is 12.3 Å². The van der Waals surface area contributed by atoms with Crippen molar-refractivity contribution in [1.82, 2.24) is 9.88 Å². The van der Waals surface area contributed by atoms with Crippen LogP contribution in [0.25, 0.3) is 10.9 Å². The molecular formula is C17H21ClN2O. The van der Waals surface area contributed by atoms with Crippen LogP contribution < -0.4 is 0 Å². The fraction of sp³-hybridized carbons (Fsp3) is 0.471. The molecule has 0 N–H and O–H groups in total. The Morgan fingerprint density at radius 2 is 2.24 bits per heavy atom. The summed E-state index contributed by atoms with van der Waals surface area (Å²) in [6.07, 6.45) is 1.94. The zero-order chi connectivity index (χ0) is 14.9. The van der Waals surface area contributed by atoms with Crippen molar-refractivity contribution >= 4 is 22.5 Å². The number of pyridine rings is 1. The van der Waals surface area contributed by atoms with E-state index >= 15 is 0 Å². The second-order valence-corrected chi connectivity index (χ2v) is 6.66. The van der Waals surface area contributed by atoms with Crippen molar-refractivity contribution in [3.05, 3.63) is 42.1 Å². The van der Waals surface area contributed by atoms with Crippen LogP contribution in [0.4, 0.5) is 0 Å². The highest BCUT2D eigenvalue weighted by atomic mass is 35.5. The van der Waals surface area contributed by atoms with Crippen LogP contribution in [0.2, 0.25) is 0 Å². The molecule has 1 saturated heterocycles. The highest BCUT2D eigenvalue weighted by Gasteiger charge is 2.32. The molecule has 21 heavy (non-hydrogen) atoms. The van der Waals surface area contributed by atoms with E-state index in [1.54, 1.807) is 0 Å². The molecule has 112 valence electrons. The number of hydrogen-bond donors (Lipinski definition) is 0. The summed E-state index contributed by atoms with van der Waals surface area (Å²) in [6, 6.07) is 10.6.